The van der Waals surface area contributed by atoms with Crippen LogP contribution in [-0.4, -0.2) is 12.4 Å². The van der Waals surface area contributed by atoms with E-state index in [-0.39, 0.29) is 22.2 Å². The number of halogens is 4. The maximum atomic E-state index is 13.5. The first-order chi connectivity index (χ1) is 9.97. The average molecular weight is 359 g/mol. The van der Waals surface area contributed by atoms with Gasteiger partial charge in [0.05, 0.1) is 4.47 Å². The van der Waals surface area contributed by atoms with Crippen LogP contribution >= 0.6 is 15.9 Å². The van der Waals surface area contributed by atoms with E-state index in [1.807, 2.05) is 0 Å². The van der Waals surface area contributed by atoms with Crippen molar-refractivity contribution in [3.05, 3.63) is 63.9 Å². The molecular weight excluding hydrogens is 349 g/mol. The Morgan fingerprint density at radius 2 is 1.81 bits per heavy atom. The maximum Gasteiger partial charge on any atom is 0.174 e. The summed E-state index contributed by atoms with van der Waals surface area (Å²) in [5.74, 6) is -2.83. The standard InChI is InChI=1S/C15H10BrF3O2/c16-12-6-10(17)7-14(19)15(12)21-8-11(20)5-9-3-1-2-4-13(9)18/h1-4,6-7H,5,8H2. The molecule has 0 saturated heterocycles. The van der Waals surface area contributed by atoms with Crippen LogP contribution in [-0.2, 0) is 11.2 Å². The van der Waals surface area contributed by atoms with Gasteiger partial charge in [0.25, 0.3) is 0 Å². The molecule has 0 aliphatic rings. The number of rotatable bonds is 5. The lowest BCUT2D eigenvalue weighted by atomic mass is 10.1. The second-order valence-electron chi connectivity index (χ2n) is 4.29. The van der Waals surface area contributed by atoms with E-state index in [0.29, 0.717) is 6.07 Å². The van der Waals surface area contributed by atoms with Gasteiger partial charge in [-0.25, -0.2) is 13.2 Å². The molecule has 0 saturated carbocycles. The van der Waals surface area contributed by atoms with Crippen LogP contribution in [0.25, 0.3) is 0 Å². The van der Waals surface area contributed by atoms with Crippen LogP contribution in [0.5, 0.6) is 5.75 Å². The number of hydrogen-bond donors (Lipinski definition) is 0. The zero-order valence-electron chi connectivity index (χ0n) is 10.7. The fraction of sp³-hybridized carbons (Fsp3) is 0.133. The van der Waals surface area contributed by atoms with Gasteiger partial charge in [-0.05, 0) is 33.6 Å². The maximum absolute atomic E-state index is 13.5. The Morgan fingerprint density at radius 3 is 2.48 bits per heavy atom. The van der Waals surface area contributed by atoms with Crippen LogP contribution in [0.2, 0.25) is 0 Å². The highest BCUT2D eigenvalue weighted by molar-refractivity contribution is 9.10. The summed E-state index contributed by atoms with van der Waals surface area (Å²) in [6.45, 7) is -0.435. The van der Waals surface area contributed by atoms with Crippen LogP contribution in [0.3, 0.4) is 0 Å². The number of Topliss-reactive ketones (excluding diaryl/α,β-unsaturated/α-hetero) is 1. The lowest BCUT2D eigenvalue weighted by molar-refractivity contribution is -0.120. The number of carbonyl (C=O) groups is 1. The van der Waals surface area contributed by atoms with Crippen molar-refractivity contribution in [1.29, 1.82) is 0 Å². The van der Waals surface area contributed by atoms with Crippen molar-refractivity contribution < 1.29 is 22.7 Å². The lowest BCUT2D eigenvalue weighted by Crippen LogP contribution is -2.15. The molecule has 0 N–H and O–H groups in total. The van der Waals surface area contributed by atoms with Gasteiger partial charge in [0.15, 0.2) is 17.3 Å². The van der Waals surface area contributed by atoms with Crippen LogP contribution in [0.1, 0.15) is 5.56 Å². The van der Waals surface area contributed by atoms with E-state index in [9.17, 15) is 18.0 Å². The molecule has 0 aliphatic heterocycles. The molecule has 0 atom stereocenters. The highest BCUT2D eigenvalue weighted by atomic mass is 79.9. The molecule has 0 bridgehead atoms. The van der Waals surface area contributed by atoms with Crippen molar-refractivity contribution in [1.82, 2.24) is 0 Å². The molecule has 0 radical (unpaired) electrons. The largest absolute Gasteiger partial charge is 0.482 e. The fourth-order valence-electron chi connectivity index (χ4n) is 1.72. The Hall–Kier alpha value is -1.82. The summed E-state index contributed by atoms with van der Waals surface area (Å²) in [6.07, 6.45) is -0.160. The van der Waals surface area contributed by atoms with E-state index in [4.69, 9.17) is 4.74 Å². The van der Waals surface area contributed by atoms with Gasteiger partial charge in [0, 0.05) is 12.5 Å². The van der Waals surface area contributed by atoms with Gasteiger partial charge in [0.2, 0.25) is 0 Å². The van der Waals surface area contributed by atoms with E-state index in [2.05, 4.69) is 15.9 Å². The van der Waals surface area contributed by atoms with Gasteiger partial charge in [-0.2, -0.15) is 0 Å². The average Bonchev–Trinajstić information content (AvgIpc) is 2.40. The van der Waals surface area contributed by atoms with E-state index >= 15 is 0 Å². The third-order valence-corrected chi connectivity index (χ3v) is 3.28. The van der Waals surface area contributed by atoms with Gasteiger partial charge >= 0.3 is 0 Å². The number of benzene rings is 2. The van der Waals surface area contributed by atoms with E-state index in [1.165, 1.54) is 18.2 Å². The Kier molecular flexibility index (Phi) is 5.01. The van der Waals surface area contributed by atoms with Gasteiger partial charge in [0.1, 0.15) is 18.2 Å². The molecule has 2 rings (SSSR count). The zero-order chi connectivity index (χ0) is 15.4. The van der Waals surface area contributed by atoms with Gasteiger partial charge in [-0.15, -0.1) is 0 Å². The number of hydrogen-bond acceptors (Lipinski definition) is 2. The molecule has 6 heteroatoms. The number of ketones is 1. The quantitative estimate of drug-likeness (QED) is 0.805. The number of carbonyl (C=O) groups excluding carboxylic acids is 1. The van der Waals surface area contributed by atoms with Crippen molar-refractivity contribution >= 4 is 21.7 Å². The van der Waals surface area contributed by atoms with Crippen molar-refractivity contribution in [2.75, 3.05) is 6.61 Å². The van der Waals surface area contributed by atoms with Gasteiger partial charge in [-0.1, -0.05) is 18.2 Å². The molecule has 0 amide bonds. The Morgan fingerprint density at radius 1 is 1.10 bits per heavy atom. The SMILES string of the molecule is O=C(COc1c(F)cc(F)cc1Br)Cc1ccccc1F. The minimum Gasteiger partial charge on any atom is -0.482 e. The molecule has 2 nitrogen and oxygen atoms in total. The summed E-state index contributed by atoms with van der Waals surface area (Å²) in [6, 6.07) is 7.55. The van der Waals surface area contributed by atoms with Crippen molar-refractivity contribution in [3.63, 3.8) is 0 Å². The zero-order valence-corrected chi connectivity index (χ0v) is 12.3. The minimum atomic E-state index is -0.916. The third kappa shape index (κ3) is 4.07. The third-order valence-electron chi connectivity index (χ3n) is 2.69. The molecule has 0 spiro atoms. The predicted molar refractivity (Wildman–Crippen MR) is 74.7 cm³/mol. The molecule has 110 valence electrons. The Bertz CT molecular complexity index is 651. The van der Waals surface area contributed by atoms with Crippen molar-refractivity contribution in [3.8, 4) is 5.75 Å². The summed E-state index contributed by atoms with van der Waals surface area (Å²) >= 11 is 2.95. The molecule has 0 aliphatic carbocycles. The van der Waals surface area contributed by atoms with Gasteiger partial charge in [-0.3, -0.25) is 4.79 Å². The summed E-state index contributed by atoms with van der Waals surface area (Å²) < 4.78 is 44.9. The summed E-state index contributed by atoms with van der Waals surface area (Å²) in [5, 5.41) is 0. The first kappa shape index (κ1) is 15.6. The van der Waals surface area contributed by atoms with Crippen LogP contribution in [0, 0.1) is 17.5 Å². The smallest absolute Gasteiger partial charge is 0.174 e. The second kappa shape index (κ2) is 6.76. The highest BCUT2D eigenvalue weighted by Gasteiger charge is 2.14. The topological polar surface area (TPSA) is 26.3 Å². The fourth-order valence-corrected chi connectivity index (χ4v) is 2.25. The van der Waals surface area contributed by atoms with Crippen molar-refractivity contribution in [2.45, 2.75) is 6.42 Å². The Balaban J connectivity index is 2.01. The van der Waals surface area contributed by atoms with Gasteiger partial charge < -0.3 is 4.74 Å². The monoisotopic (exact) mass is 358 g/mol. The van der Waals surface area contributed by atoms with Crippen LogP contribution in [0.15, 0.2) is 40.9 Å². The molecule has 21 heavy (non-hydrogen) atoms. The summed E-state index contributed by atoms with van der Waals surface area (Å²) in [4.78, 5) is 11.7. The second-order valence-corrected chi connectivity index (χ2v) is 5.15. The highest BCUT2D eigenvalue weighted by Crippen LogP contribution is 2.29. The summed E-state index contributed by atoms with van der Waals surface area (Å²) in [5.41, 5.74) is 0.241. The predicted octanol–water partition coefficient (Wildman–Crippen LogP) is 4.06. The normalized spacial score (nSPS) is 10.5. The first-order valence-electron chi connectivity index (χ1n) is 6.00. The van der Waals surface area contributed by atoms with E-state index < -0.39 is 29.8 Å². The lowest BCUT2D eigenvalue weighted by Gasteiger charge is -2.09. The molecule has 0 fully saturated rings. The van der Waals surface area contributed by atoms with Crippen LogP contribution in [0.4, 0.5) is 13.2 Å². The first-order valence-corrected chi connectivity index (χ1v) is 6.79. The van der Waals surface area contributed by atoms with E-state index in [1.54, 1.807) is 6.07 Å². The van der Waals surface area contributed by atoms with Crippen molar-refractivity contribution in [2.24, 2.45) is 0 Å². The molecule has 0 aromatic heterocycles. The molecule has 2 aromatic carbocycles. The molecular formula is C15H10BrF3O2. The van der Waals surface area contributed by atoms with E-state index in [0.717, 1.165) is 6.07 Å². The molecule has 2 aromatic rings. The van der Waals surface area contributed by atoms with Crippen LogP contribution < -0.4 is 4.74 Å². The number of ether oxygens (including phenoxy) is 1. The summed E-state index contributed by atoms with van der Waals surface area (Å²) in [7, 11) is 0. The minimum absolute atomic E-state index is 0.0682. The molecule has 0 unspecified atom stereocenters. The molecule has 0 heterocycles. The Labute approximate surface area is 127 Å².